The first kappa shape index (κ1) is 11.8. The maximum absolute atomic E-state index is 11.6. The second kappa shape index (κ2) is 5.09. The Hall–Kier alpha value is -2.70. The molecule has 18 heavy (non-hydrogen) atoms. The van der Waals surface area contributed by atoms with Gasteiger partial charge in [-0.1, -0.05) is 0 Å². The Bertz CT molecular complexity index is 533. The molecule has 1 aromatic carbocycles. The lowest BCUT2D eigenvalue weighted by molar-refractivity contribution is -0.384. The summed E-state index contributed by atoms with van der Waals surface area (Å²) in [5.74, 6) is -0.499. The normalized spacial score (nSPS) is 13.4. The van der Waals surface area contributed by atoms with Crippen LogP contribution in [0.1, 0.15) is 0 Å². The smallest absolute Gasteiger partial charge is 0.380 e. The summed E-state index contributed by atoms with van der Waals surface area (Å²) >= 11 is 0. The molecular formula is C11H8N2O5. The molecule has 0 saturated heterocycles. The fourth-order valence-corrected chi connectivity index (χ4v) is 1.23. The molecule has 0 saturated carbocycles. The van der Waals surface area contributed by atoms with E-state index in [9.17, 15) is 14.9 Å². The highest BCUT2D eigenvalue weighted by atomic mass is 16.6. The molecule has 0 amide bonds. The Labute approximate surface area is 101 Å². The Morgan fingerprint density at radius 3 is 2.67 bits per heavy atom. The van der Waals surface area contributed by atoms with Crippen LogP contribution in [0.15, 0.2) is 41.2 Å². The maximum Gasteiger partial charge on any atom is 0.380 e. The van der Waals surface area contributed by atoms with E-state index < -0.39 is 10.9 Å². The zero-order chi connectivity index (χ0) is 13.0. The third-order valence-electron chi connectivity index (χ3n) is 2.07. The minimum Gasteiger partial charge on any atom is -0.480 e. The number of carbonyl (C=O) groups excluding carboxylic acids is 1. The minimum atomic E-state index is -0.694. The molecule has 92 valence electrons. The molecule has 0 atom stereocenters. The molecule has 0 radical (unpaired) electrons. The van der Waals surface area contributed by atoms with E-state index in [-0.39, 0.29) is 23.8 Å². The van der Waals surface area contributed by atoms with Crippen molar-refractivity contribution in [1.82, 2.24) is 0 Å². The number of carbonyl (C=O) groups is 1. The molecule has 1 aliphatic rings. The van der Waals surface area contributed by atoms with Crippen molar-refractivity contribution in [2.24, 2.45) is 4.99 Å². The molecule has 7 heteroatoms. The Balaban J connectivity index is 2.05. The molecule has 1 heterocycles. The van der Waals surface area contributed by atoms with Crippen molar-refractivity contribution >= 4 is 17.9 Å². The quantitative estimate of drug-likeness (QED) is 0.349. The van der Waals surface area contributed by atoms with Crippen molar-refractivity contribution in [2.45, 2.75) is 0 Å². The van der Waals surface area contributed by atoms with Gasteiger partial charge in [0.2, 0.25) is 5.76 Å². The molecular weight excluding hydrogens is 240 g/mol. The number of non-ortho nitro benzene ring substituents is 1. The van der Waals surface area contributed by atoms with E-state index in [1.165, 1.54) is 36.7 Å². The van der Waals surface area contributed by atoms with Crippen LogP contribution >= 0.6 is 0 Å². The first-order valence-electron chi connectivity index (χ1n) is 4.98. The van der Waals surface area contributed by atoms with Gasteiger partial charge in [0, 0.05) is 18.3 Å². The number of nitro groups is 1. The van der Waals surface area contributed by atoms with E-state index in [1.807, 2.05) is 0 Å². The zero-order valence-corrected chi connectivity index (χ0v) is 9.11. The van der Waals surface area contributed by atoms with Gasteiger partial charge in [0.25, 0.3) is 5.69 Å². The third-order valence-corrected chi connectivity index (χ3v) is 2.07. The maximum atomic E-state index is 11.6. The molecule has 0 spiro atoms. The van der Waals surface area contributed by atoms with Crippen LogP contribution in [0.25, 0.3) is 0 Å². The van der Waals surface area contributed by atoms with Gasteiger partial charge in [-0.3, -0.25) is 15.1 Å². The summed E-state index contributed by atoms with van der Waals surface area (Å²) in [5, 5.41) is 10.4. The lowest BCUT2D eigenvalue weighted by atomic mass is 10.3. The summed E-state index contributed by atoms with van der Waals surface area (Å²) in [7, 11) is 0. The standard InChI is InChI=1S/C11H8N2O5/c14-11(10-7-12-5-6-17-10)18-9-3-1-8(2-4-9)13(15)16/h1-5,7H,6H2. The van der Waals surface area contributed by atoms with E-state index in [1.54, 1.807) is 0 Å². The van der Waals surface area contributed by atoms with E-state index in [0.717, 1.165) is 0 Å². The summed E-state index contributed by atoms with van der Waals surface area (Å²) in [4.78, 5) is 25.2. The van der Waals surface area contributed by atoms with Crippen LogP contribution in [0.5, 0.6) is 5.75 Å². The van der Waals surface area contributed by atoms with Gasteiger partial charge < -0.3 is 9.47 Å². The predicted octanol–water partition coefficient (Wildman–Crippen LogP) is 1.44. The number of hydrogen-bond donors (Lipinski definition) is 0. The van der Waals surface area contributed by atoms with Gasteiger partial charge in [-0.2, -0.15) is 0 Å². The number of nitro benzene ring substituents is 1. The minimum absolute atomic E-state index is 0.00384. The van der Waals surface area contributed by atoms with Gasteiger partial charge in [-0.15, -0.1) is 0 Å². The molecule has 0 unspecified atom stereocenters. The van der Waals surface area contributed by atoms with Gasteiger partial charge in [-0.25, -0.2) is 4.79 Å². The van der Waals surface area contributed by atoms with Crippen LogP contribution < -0.4 is 4.74 Å². The average molecular weight is 248 g/mol. The molecule has 1 aliphatic heterocycles. The third kappa shape index (κ3) is 2.70. The Morgan fingerprint density at radius 2 is 2.11 bits per heavy atom. The second-order valence-electron chi connectivity index (χ2n) is 3.28. The van der Waals surface area contributed by atoms with Crippen LogP contribution in [0.4, 0.5) is 5.69 Å². The number of rotatable bonds is 3. The van der Waals surface area contributed by atoms with Crippen molar-refractivity contribution in [3.8, 4) is 5.75 Å². The fraction of sp³-hybridized carbons (Fsp3) is 0.0909. The van der Waals surface area contributed by atoms with E-state index in [0.29, 0.717) is 0 Å². The number of aliphatic imine (C=N–C) groups is 1. The van der Waals surface area contributed by atoms with E-state index in [2.05, 4.69) is 4.99 Å². The SMILES string of the molecule is O=C(Oc1ccc([N+](=O)[O-])cc1)C1=CN=CCO1. The van der Waals surface area contributed by atoms with Crippen LogP contribution in [0, 0.1) is 10.1 Å². The van der Waals surface area contributed by atoms with Crippen molar-refractivity contribution in [1.29, 1.82) is 0 Å². The highest BCUT2D eigenvalue weighted by Gasteiger charge is 2.15. The molecule has 0 aliphatic carbocycles. The lowest BCUT2D eigenvalue weighted by Gasteiger charge is -2.09. The van der Waals surface area contributed by atoms with E-state index in [4.69, 9.17) is 9.47 Å². The highest BCUT2D eigenvalue weighted by molar-refractivity contribution is 5.89. The van der Waals surface area contributed by atoms with Gasteiger partial charge in [0.1, 0.15) is 12.4 Å². The van der Waals surface area contributed by atoms with Crippen LogP contribution in [0.2, 0.25) is 0 Å². The number of benzene rings is 1. The largest absolute Gasteiger partial charge is 0.480 e. The molecule has 0 aromatic heterocycles. The van der Waals surface area contributed by atoms with Crippen molar-refractivity contribution in [3.05, 3.63) is 46.3 Å². The first-order valence-corrected chi connectivity index (χ1v) is 4.98. The molecule has 0 bridgehead atoms. The van der Waals surface area contributed by atoms with Crippen molar-refractivity contribution < 1.29 is 19.2 Å². The molecule has 0 N–H and O–H groups in total. The van der Waals surface area contributed by atoms with Gasteiger partial charge in [0.05, 0.1) is 11.1 Å². The number of hydrogen-bond acceptors (Lipinski definition) is 6. The van der Waals surface area contributed by atoms with Crippen molar-refractivity contribution in [3.63, 3.8) is 0 Å². The summed E-state index contributed by atoms with van der Waals surface area (Å²) in [6, 6.07) is 5.17. The lowest BCUT2D eigenvalue weighted by Crippen LogP contribution is -2.16. The summed E-state index contributed by atoms with van der Waals surface area (Å²) in [6.07, 6.45) is 2.75. The van der Waals surface area contributed by atoms with Gasteiger partial charge in [0.15, 0.2) is 0 Å². The Kier molecular flexibility index (Phi) is 3.33. The van der Waals surface area contributed by atoms with Gasteiger partial charge in [-0.05, 0) is 12.1 Å². The Morgan fingerprint density at radius 1 is 1.39 bits per heavy atom. The molecule has 2 rings (SSSR count). The van der Waals surface area contributed by atoms with E-state index >= 15 is 0 Å². The first-order chi connectivity index (χ1) is 8.66. The molecule has 1 aromatic rings. The second-order valence-corrected chi connectivity index (χ2v) is 3.28. The molecule has 7 nitrogen and oxygen atoms in total. The fourth-order valence-electron chi connectivity index (χ4n) is 1.23. The average Bonchev–Trinajstić information content (AvgIpc) is 2.40. The molecule has 0 fully saturated rings. The summed E-state index contributed by atoms with van der Waals surface area (Å²) in [6.45, 7) is 0.210. The topological polar surface area (TPSA) is 91.0 Å². The summed E-state index contributed by atoms with van der Waals surface area (Å²) in [5.41, 5.74) is -0.0764. The van der Waals surface area contributed by atoms with Crippen LogP contribution in [-0.4, -0.2) is 23.7 Å². The predicted molar refractivity (Wildman–Crippen MR) is 61.3 cm³/mol. The zero-order valence-electron chi connectivity index (χ0n) is 9.11. The van der Waals surface area contributed by atoms with Crippen LogP contribution in [-0.2, 0) is 9.53 Å². The number of ether oxygens (including phenoxy) is 2. The summed E-state index contributed by atoms with van der Waals surface area (Å²) < 4.78 is 9.96. The van der Waals surface area contributed by atoms with Crippen molar-refractivity contribution in [2.75, 3.05) is 6.61 Å². The van der Waals surface area contributed by atoms with Gasteiger partial charge >= 0.3 is 5.97 Å². The monoisotopic (exact) mass is 248 g/mol. The number of esters is 1. The van der Waals surface area contributed by atoms with Crippen LogP contribution in [0.3, 0.4) is 0 Å². The number of nitrogens with zero attached hydrogens (tertiary/aromatic N) is 2. The highest BCUT2D eigenvalue weighted by Crippen LogP contribution is 2.18.